The minimum Gasteiger partial charge on any atom is -0.468 e. The van der Waals surface area contributed by atoms with E-state index in [9.17, 15) is 14.9 Å². The highest BCUT2D eigenvalue weighted by Crippen LogP contribution is 2.13. The van der Waals surface area contributed by atoms with E-state index >= 15 is 0 Å². The summed E-state index contributed by atoms with van der Waals surface area (Å²) in [5.74, 6) is 0.0732. The number of nitrogens with one attached hydrogen (secondary N) is 1. The summed E-state index contributed by atoms with van der Waals surface area (Å²) in [7, 11) is 1.36. The summed E-state index contributed by atoms with van der Waals surface area (Å²) in [5, 5.41) is 13.7. The maximum Gasteiger partial charge on any atom is 0.322 e. The van der Waals surface area contributed by atoms with Gasteiger partial charge in [0.1, 0.15) is 6.04 Å². The maximum absolute atomic E-state index is 11.6. The number of hydrogen-bond acceptors (Lipinski definition) is 5. The average Bonchev–Trinajstić information content (AvgIpc) is 2.42. The molecule has 1 aromatic rings. The van der Waals surface area contributed by atoms with Gasteiger partial charge in [0.2, 0.25) is 0 Å². The van der Waals surface area contributed by atoms with Crippen molar-refractivity contribution in [3.8, 4) is 0 Å². The molecule has 0 bridgehead atoms. The van der Waals surface area contributed by atoms with Crippen LogP contribution in [-0.2, 0) is 16.1 Å². The fourth-order valence-electron chi connectivity index (χ4n) is 1.85. The Bertz CT molecular complexity index is 457. The normalized spacial score (nSPS) is 12.2. The summed E-state index contributed by atoms with van der Waals surface area (Å²) >= 11 is 0. The fraction of sp³-hybridized carbons (Fsp3) is 0.500. The van der Waals surface area contributed by atoms with E-state index in [-0.39, 0.29) is 17.7 Å². The molecule has 110 valence electrons. The average molecular weight is 280 g/mol. The van der Waals surface area contributed by atoms with Gasteiger partial charge in [-0.1, -0.05) is 26.0 Å². The van der Waals surface area contributed by atoms with Crippen LogP contribution in [0.3, 0.4) is 0 Å². The van der Waals surface area contributed by atoms with E-state index in [0.717, 1.165) is 5.56 Å². The van der Waals surface area contributed by atoms with Crippen molar-refractivity contribution in [3.05, 3.63) is 39.9 Å². The summed E-state index contributed by atoms with van der Waals surface area (Å²) in [6, 6.07) is 5.89. The summed E-state index contributed by atoms with van der Waals surface area (Å²) in [4.78, 5) is 21.8. The van der Waals surface area contributed by atoms with Gasteiger partial charge in [0.25, 0.3) is 5.69 Å². The van der Waals surface area contributed by atoms with Crippen LogP contribution in [0, 0.1) is 16.0 Å². The van der Waals surface area contributed by atoms with Gasteiger partial charge < -0.3 is 10.1 Å². The van der Waals surface area contributed by atoms with Gasteiger partial charge in [-0.25, -0.2) is 0 Å². The topological polar surface area (TPSA) is 81.5 Å². The van der Waals surface area contributed by atoms with Gasteiger partial charge in [-0.15, -0.1) is 0 Å². The Balaban J connectivity index is 2.62. The van der Waals surface area contributed by atoms with Gasteiger partial charge in [-0.2, -0.15) is 0 Å². The molecule has 0 saturated heterocycles. The lowest BCUT2D eigenvalue weighted by atomic mass is 10.0. The SMILES string of the molecule is COC(=O)C(CC(C)C)NCc1ccc([N+](=O)[O-])cc1. The van der Waals surface area contributed by atoms with Crippen LogP contribution < -0.4 is 5.32 Å². The number of ether oxygens (including phenoxy) is 1. The quantitative estimate of drug-likeness (QED) is 0.470. The zero-order valence-corrected chi connectivity index (χ0v) is 12.0. The number of non-ortho nitro benzene ring substituents is 1. The van der Waals surface area contributed by atoms with Crippen LogP contribution >= 0.6 is 0 Å². The first kappa shape index (κ1) is 16.1. The van der Waals surface area contributed by atoms with E-state index in [4.69, 9.17) is 4.74 Å². The molecule has 1 atom stereocenters. The molecule has 1 unspecified atom stereocenters. The van der Waals surface area contributed by atoms with Crippen molar-refractivity contribution in [2.45, 2.75) is 32.9 Å². The molecular weight excluding hydrogens is 260 g/mol. The van der Waals surface area contributed by atoms with Crippen molar-refractivity contribution in [3.63, 3.8) is 0 Å². The molecular formula is C14H20N2O4. The van der Waals surface area contributed by atoms with Gasteiger partial charge >= 0.3 is 5.97 Å². The number of hydrogen-bond donors (Lipinski definition) is 1. The largest absolute Gasteiger partial charge is 0.468 e. The molecule has 1 aromatic carbocycles. The first-order chi connectivity index (χ1) is 9.43. The number of carbonyl (C=O) groups is 1. The molecule has 0 aliphatic heterocycles. The molecule has 0 radical (unpaired) electrons. The summed E-state index contributed by atoms with van der Waals surface area (Å²) < 4.78 is 4.76. The van der Waals surface area contributed by atoms with E-state index in [0.29, 0.717) is 18.9 Å². The van der Waals surface area contributed by atoms with Crippen LogP contribution in [0.15, 0.2) is 24.3 Å². The van der Waals surface area contributed by atoms with Crippen LogP contribution in [0.2, 0.25) is 0 Å². The highest BCUT2D eigenvalue weighted by molar-refractivity contribution is 5.75. The smallest absolute Gasteiger partial charge is 0.322 e. The van der Waals surface area contributed by atoms with Gasteiger partial charge in [0.15, 0.2) is 0 Å². The minimum atomic E-state index is -0.437. The molecule has 6 nitrogen and oxygen atoms in total. The molecule has 1 N–H and O–H groups in total. The molecule has 0 fully saturated rings. The van der Waals surface area contributed by atoms with Crippen LogP contribution in [0.5, 0.6) is 0 Å². The summed E-state index contributed by atoms with van der Waals surface area (Å²) in [6.45, 7) is 4.53. The van der Waals surface area contributed by atoms with Crippen molar-refractivity contribution in [1.29, 1.82) is 0 Å². The summed E-state index contributed by atoms with van der Waals surface area (Å²) in [5.41, 5.74) is 0.939. The van der Waals surface area contributed by atoms with Crippen LogP contribution in [-0.4, -0.2) is 24.0 Å². The molecule has 0 aliphatic carbocycles. The molecule has 0 spiro atoms. The van der Waals surface area contributed by atoms with E-state index in [1.807, 2.05) is 13.8 Å². The lowest BCUT2D eigenvalue weighted by molar-refractivity contribution is -0.384. The van der Waals surface area contributed by atoms with Gasteiger partial charge in [0, 0.05) is 18.7 Å². The Morgan fingerprint density at radius 1 is 1.35 bits per heavy atom. The van der Waals surface area contributed by atoms with Gasteiger partial charge in [-0.05, 0) is 17.9 Å². The number of carbonyl (C=O) groups excluding carboxylic acids is 1. The molecule has 0 aromatic heterocycles. The predicted octanol–water partition coefficient (Wildman–Crippen LogP) is 2.27. The first-order valence-corrected chi connectivity index (χ1v) is 6.48. The zero-order chi connectivity index (χ0) is 15.1. The van der Waals surface area contributed by atoms with Gasteiger partial charge in [0.05, 0.1) is 12.0 Å². The molecule has 0 heterocycles. The van der Waals surface area contributed by atoms with Crippen molar-refractivity contribution in [2.24, 2.45) is 5.92 Å². The lowest BCUT2D eigenvalue weighted by Crippen LogP contribution is -2.38. The Hall–Kier alpha value is -1.95. The Morgan fingerprint density at radius 2 is 1.95 bits per heavy atom. The number of rotatable bonds is 7. The van der Waals surface area contributed by atoms with E-state index in [2.05, 4.69) is 5.32 Å². The van der Waals surface area contributed by atoms with Crippen LogP contribution in [0.25, 0.3) is 0 Å². The van der Waals surface area contributed by atoms with Crippen LogP contribution in [0.1, 0.15) is 25.8 Å². The van der Waals surface area contributed by atoms with Crippen molar-refractivity contribution in [1.82, 2.24) is 5.32 Å². The van der Waals surface area contributed by atoms with E-state index in [1.54, 1.807) is 12.1 Å². The number of methoxy groups -OCH3 is 1. The standard InChI is InChI=1S/C14H20N2O4/c1-10(2)8-13(14(17)20-3)15-9-11-4-6-12(7-5-11)16(18)19/h4-7,10,13,15H,8-9H2,1-3H3. The Kier molecular flexibility index (Phi) is 6.11. The highest BCUT2D eigenvalue weighted by atomic mass is 16.6. The molecule has 1 rings (SSSR count). The third kappa shape index (κ3) is 4.97. The summed E-state index contributed by atoms with van der Waals surface area (Å²) in [6.07, 6.45) is 0.680. The van der Waals surface area contributed by atoms with Gasteiger partial charge in [-0.3, -0.25) is 14.9 Å². The number of benzene rings is 1. The molecule has 20 heavy (non-hydrogen) atoms. The van der Waals surface area contributed by atoms with Crippen molar-refractivity contribution in [2.75, 3.05) is 7.11 Å². The van der Waals surface area contributed by atoms with Crippen molar-refractivity contribution < 1.29 is 14.5 Å². The molecule has 0 amide bonds. The number of nitro benzene ring substituents is 1. The monoisotopic (exact) mass is 280 g/mol. The number of nitro groups is 1. The lowest BCUT2D eigenvalue weighted by Gasteiger charge is -2.18. The fourth-order valence-corrected chi connectivity index (χ4v) is 1.85. The number of esters is 1. The zero-order valence-electron chi connectivity index (χ0n) is 12.0. The maximum atomic E-state index is 11.6. The Morgan fingerprint density at radius 3 is 2.40 bits per heavy atom. The third-order valence-electron chi connectivity index (χ3n) is 2.89. The van der Waals surface area contributed by atoms with Crippen molar-refractivity contribution >= 4 is 11.7 Å². The minimum absolute atomic E-state index is 0.0560. The number of nitrogens with zero attached hydrogens (tertiary/aromatic N) is 1. The Labute approximate surface area is 118 Å². The molecule has 0 saturated carbocycles. The second-order valence-corrected chi connectivity index (χ2v) is 5.01. The molecule has 0 aliphatic rings. The second kappa shape index (κ2) is 7.59. The first-order valence-electron chi connectivity index (χ1n) is 6.48. The van der Waals surface area contributed by atoms with Crippen LogP contribution in [0.4, 0.5) is 5.69 Å². The van der Waals surface area contributed by atoms with E-state index in [1.165, 1.54) is 19.2 Å². The molecule has 6 heteroatoms. The van der Waals surface area contributed by atoms with E-state index < -0.39 is 4.92 Å². The third-order valence-corrected chi connectivity index (χ3v) is 2.89. The highest BCUT2D eigenvalue weighted by Gasteiger charge is 2.19. The predicted molar refractivity (Wildman–Crippen MR) is 75.2 cm³/mol. The second-order valence-electron chi connectivity index (χ2n) is 5.01.